The number of hydrogen-bond donors (Lipinski definition) is 0. The Hall–Kier alpha value is -1.12. The van der Waals surface area contributed by atoms with Gasteiger partial charge in [-0.15, -0.1) is 0 Å². The summed E-state index contributed by atoms with van der Waals surface area (Å²) >= 11 is 0. The van der Waals surface area contributed by atoms with Gasteiger partial charge in [0.05, 0.1) is 0 Å². The van der Waals surface area contributed by atoms with Gasteiger partial charge in [0, 0.05) is 0 Å². The maximum atomic E-state index is 12.0. The average molecular weight is 200 g/mol. The van der Waals surface area contributed by atoms with Crippen molar-refractivity contribution in [3.63, 3.8) is 0 Å². The van der Waals surface area contributed by atoms with Crippen LogP contribution in [-0.2, 0) is 0 Å². The number of para-hydroxylation sites is 1. The topological polar surface area (TPSA) is 9.23 Å². The molecule has 14 heavy (non-hydrogen) atoms. The van der Waals surface area contributed by atoms with Gasteiger partial charge in [-0.25, -0.2) is 0 Å². The van der Waals surface area contributed by atoms with Crippen molar-refractivity contribution in [3.05, 3.63) is 29.8 Å². The Kier molecular flexibility index (Phi) is 3.86. The van der Waals surface area contributed by atoms with Crippen molar-refractivity contribution in [2.45, 2.75) is 32.8 Å². The molecule has 0 aliphatic rings. The van der Waals surface area contributed by atoms with Gasteiger partial charge in [0.25, 0.3) is 0 Å². The summed E-state index contributed by atoms with van der Waals surface area (Å²) in [7, 11) is 0. The van der Waals surface area contributed by atoms with E-state index in [1.165, 1.54) is 0 Å². The van der Waals surface area contributed by atoms with Crippen LogP contribution in [0, 0.1) is 0 Å². The second-order valence-electron chi connectivity index (χ2n) is 3.23. The van der Waals surface area contributed by atoms with Gasteiger partial charge >= 0.3 is 6.61 Å². The molecule has 0 N–H and O–H groups in total. The van der Waals surface area contributed by atoms with E-state index in [1.807, 2.05) is 26.0 Å². The molecule has 0 aliphatic heterocycles. The molecule has 0 aliphatic carbocycles. The van der Waals surface area contributed by atoms with Gasteiger partial charge in [-0.3, -0.25) is 0 Å². The standard InChI is InChI=1S/C11H14F2O/c1-3-8(2)9-6-4-5-7-10(9)14-11(12)13/h4-8,11H,3H2,1-2H3. The van der Waals surface area contributed by atoms with Crippen LogP contribution in [0.25, 0.3) is 0 Å². The molecule has 3 heteroatoms. The Balaban J connectivity index is 2.91. The lowest BCUT2D eigenvalue weighted by atomic mass is 9.98. The summed E-state index contributed by atoms with van der Waals surface area (Å²) in [4.78, 5) is 0. The number of ether oxygens (including phenoxy) is 1. The highest BCUT2D eigenvalue weighted by Crippen LogP contribution is 2.29. The van der Waals surface area contributed by atoms with E-state index in [9.17, 15) is 8.78 Å². The van der Waals surface area contributed by atoms with Gasteiger partial charge in [-0.05, 0) is 24.0 Å². The van der Waals surface area contributed by atoms with Crippen LogP contribution < -0.4 is 4.74 Å². The summed E-state index contributed by atoms with van der Waals surface area (Å²) in [5.41, 5.74) is 0.843. The van der Waals surface area contributed by atoms with Crippen molar-refractivity contribution >= 4 is 0 Å². The van der Waals surface area contributed by atoms with E-state index >= 15 is 0 Å². The molecule has 0 amide bonds. The fourth-order valence-electron chi connectivity index (χ4n) is 1.31. The van der Waals surface area contributed by atoms with E-state index in [1.54, 1.807) is 12.1 Å². The summed E-state index contributed by atoms with van der Waals surface area (Å²) in [5.74, 6) is 0.529. The molecule has 1 rings (SSSR count). The highest BCUT2D eigenvalue weighted by Gasteiger charge is 2.12. The monoisotopic (exact) mass is 200 g/mol. The summed E-state index contributed by atoms with van der Waals surface area (Å²) in [6, 6.07) is 6.93. The van der Waals surface area contributed by atoms with Crippen molar-refractivity contribution in [2.24, 2.45) is 0 Å². The van der Waals surface area contributed by atoms with Crippen LogP contribution >= 0.6 is 0 Å². The molecule has 0 saturated carbocycles. The fraction of sp³-hybridized carbons (Fsp3) is 0.455. The molecule has 1 unspecified atom stereocenters. The van der Waals surface area contributed by atoms with Gasteiger partial charge in [0.15, 0.2) is 0 Å². The average Bonchev–Trinajstić information content (AvgIpc) is 2.16. The van der Waals surface area contributed by atoms with Gasteiger partial charge in [0.1, 0.15) is 5.75 Å². The second kappa shape index (κ2) is 4.94. The lowest BCUT2D eigenvalue weighted by Gasteiger charge is -2.14. The van der Waals surface area contributed by atoms with Crippen LogP contribution in [0.2, 0.25) is 0 Å². The van der Waals surface area contributed by atoms with E-state index in [0.717, 1.165) is 12.0 Å². The molecule has 0 heterocycles. The van der Waals surface area contributed by atoms with Crippen LogP contribution in [-0.4, -0.2) is 6.61 Å². The molecule has 1 atom stereocenters. The van der Waals surface area contributed by atoms with E-state index in [0.29, 0.717) is 0 Å². The minimum absolute atomic E-state index is 0.241. The van der Waals surface area contributed by atoms with Gasteiger partial charge in [-0.2, -0.15) is 8.78 Å². The molecular formula is C11H14F2O. The van der Waals surface area contributed by atoms with Crippen LogP contribution in [0.15, 0.2) is 24.3 Å². The molecule has 0 radical (unpaired) electrons. The van der Waals surface area contributed by atoms with Crippen LogP contribution in [0.3, 0.4) is 0 Å². The zero-order chi connectivity index (χ0) is 10.6. The van der Waals surface area contributed by atoms with E-state index in [4.69, 9.17) is 0 Å². The van der Waals surface area contributed by atoms with Crippen LogP contribution in [0.1, 0.15) is 31.7 Å². The predicted octanol–water partition coefficient (Wildman–Crippen LogP) is 3.80. The highest BCUT2D eigenvalue weighted by atomic mass is 19.3. The van der Waals surface area contributed by atoms with Crippen LogP contribution in [0.5, 0.6) is 5.75 Å². The summed E-state index contributed by atoms with van der Waals surface area (Å²) in [6.45, 7) is 1.26. The molecule has 0 saturated heterocycles. The van der Waals surface area contributed by atoms with E-state index < -0.39 is 6.61 Å². The molecule has 0 fully saturated rings. The molecule has 78 valence electrons. The molecular weight excluding hydrogens is 186 g/mol. The van der Waals surface area contributed by atoms with Gasteiger partial charge in [0.2, 0.25) is 0 Å². The normalized spacial score (nSPS) is 12.9. The Bertz CT molecular complexity index is 286. The largest absolute Gasteiger partial charge is 0.435 e. The minimum atomic E-state index is -2.75. The molecule has 1 nitrogen and oxygen atoms in total. The third-order valence-corrected chi connectivity index (χ3v) is 2.28. The lowest BCUT2D eigenvalue weighted by molar-refractivity contribution is -0.0506. The minimum Gasteiger partial charge on any atom is -0.435 e. The first-order valence-electron chi connectivity index (χ1n) is 4.68. The first-order chi connectivity index (χ1) is 6.65. The number of halogens is 2. The predicted molar refractivity (Wildman–Crippen MR) is 51.8 cm³/mol. The highest BCUT2D eigenvalue weighted by molar-refractivity contribution is 5.35. The lowest BCUT2D eigenvalue weighted by Crippen LogP contribution is -2.05. The van der Waals surface area contributed by atoms with Gasteiger partial charge in [-0.1, -0.05) is 32.0 Å². The third-order valence-electron chi connectivity index (χ3n) is 2.28. The first-order valence-corrected chi connectivity index (χ1v) is 4.68. The van der Waals surface area contributed by atoms with Crippen molar-refractivity contribution in [2.75, 3.05) is 0 Å². The quantitative estimate of drug-likeness (QED) is 0.718. The first kappa shape index (κ1) is 11.0. The zero-order valence-corrected chi connectivity index (χ0v) is 8.34. The molecule has 0 aromatic heterocycles. The van der Waals surface area contributed by atoms with Crippen molar-refractivity contribution in [3.8, 4) is 5.75 Å². The zero-order valence-electron chi connectivity index (χ0n) is 8.34. The molecule has 1 aromatic rings. The maximum absolute atomic E-state index is 12.0. The third kappa shape index (κ3) is 2.69. The smallest absolute Gasteiger partial charge is 0.387 e. The van der Waals surface area contributed by atoms with E-state index in [-0.39, 0.29) is 11.7 Å². The maximum Gasteiger partial charge on any atom is 0.387 e. The Labute approximate surface area is 82.7 Å². The SMILES string of the molecule is CCC(C)c1ccccc1OC(F)F. The van der Waals surface area contributed by atoms with Crippen molar-refractivity contribution in [1.29, 1.82) is 0 Å². The number of rotatable bonds is 4. The summed E-state index contributed by atoms with van der Waals surface area (Å²) < 4.78 is 28.5. The Morgan fingerprint density at radius 3 is 2.50 bits per heavy atom. The summed E-state index contributed by atoms with van der Waals surface area (Å²) in [5, 5.41) is 0. The molecule has 0 spiro atoms. The Morgan fingerprint density at radius 1 is 1.29 bits per heavy atom. The van der Waals surface area contributed by atoms with Crippen molar-refractivity contribution < 1.29 is 13.5 Å². The second-order valence-corrected chi connectivity index (χ2v) is 3.23. The summed E-state index contributed by atoms with van der Waals surface area (Å²) in [6.07, 6.45) is 0.906. The van der Waals surface area contributed by atoms with E-state index in [2.05, 4.69) is 4.74 Å². The molecule has 1 aromatic carbocycles. The Morgan fingerprint density at radius 2 is 1.93 bits per heavy atom. The van der Waals surface area contributed by atoms with Crippen molar-refractivity contribution in [1.82, 2.24) is 0 Å². The van der Waals surface area contributed by atoms with Crippen LogP contribution in [0.4, 0.5) is 8.78 Å². The number of hydrogen-bond acceptors (Lipinski definition) is 1. The number of alkyl halides is 2. The molecule has 0 bridgehead atoms. The fourth-order valence-corrected chi connectivity index (χ4v) is 1.31. The number of benzene rings is 1. The van der Waals surface area contributed by atoms with Gasteiger partial charge < -0.3 is 4.74 Å².